The van der Waals surface area contributed by atoms with Gasteiger partial charge in [-0.05, 0) is 43.4 Å². The molecule has 0 aliphatic rings. The molecule has 4 N–H and O–H groups in total. The summed E-state index contributed by atoms with van der Waals surface area (Å²) in [6.45, 7) is 3.77. The Bertz CT molecular complexity index is 512. The Kier molecular flexibility index (Phi) is 8.32. The number of amides is 1. The fraction of sp³-hybridized carbons (Fsp3) is 0.471. The van der Waals surface area contributed by atoms with Crippen molar-refractivity contribution in [3.05, 3.63) is 41.5 Å². The minimum atomic E-state index is -0.609. The van der Waals surface area contributed by atoms with Crippen molar-refractivity contribution in [1.82, 2.24) is 5.48 Å². The maximum atomic E-state index is 11.1. The van der Waals surface area contributed by atoms with E-state index in [1.54, 1.807) is 42.7 Å². The van der Waals surface area contributed by atoms with Crippen LogP contribution in [0.2, 0.25) is 0 Å². The number of hydroxylamine groups is 1. The van der Waals surface area contributed by atoms with E-state index < -0.39 is 12.0 Å². The Morgan fingerprint density at radius 3 is 2.57 bits per heavy atom. The molecule has 0 fully saturated rings. The molecule has 6 heteroatoms. The first-order valence-corrected chi connectivity index (χ1v) is 7.62. The van der Waals surface area contributed by atoms with Crippen molar-refractivity contribution in [1.29, 1.82) is 0 Å². The highest BCUT2D eigenvalue weighted by Gasteiger charge is 2.16. The zero-order chi connectivity index (χ0) is 17.2. The third-order valence-electron chi connectivity index (χ3n) is 3.65. The van der Waals surface area contributed by atoms with Gasteiger partial charge in [0.25, 0.3) is 5.91 Å². The predicted octanol–water partition coefficient (Wildman–Crippen LogP) is 1.96. The van der Waals surface area contributed by atoms with Crippen LogP contribution in [0.3, 0.4) is 0 Å². The van der Waals surface area contributed by atoms with Crippen molar-refractivity contribution in [2.24, 2.45) is 5.92 Å². The van der Waals surface area contributed by atoms with Crippen LogP contribution in [-0.4, -0.2) is 34.5 Å². The lowest BCUT2D eigenvalue weighted by Crippen LogP contribution is -2.19. The molecule has 128 valence electrons. The van der Waals surface area contributed by atoms with Gasteiger partial charge < -0.3 is 14.9 Å². The lowest BCUT2D eigenvalue weighted by molar-refractivity contribution is -0.125. The van der Waals surface area contributed by atoms with E-state index in [1.807, 2.05) is 6.92 Å². The molecule has 0 unspecified atom stereocenters. The van der Waals surface area contributed by atoms with Crippen LogP contribution in [0, 0.1) is 5.92 Å². The van der Waals surface area contributed by atoms with Crippen molar-refractivity contribution in [3.8, 4) is 5.75 Å². The fourth-order valence-electron chi connectivity index (χ4n) is 2.15. The molecule has 0 spiro atoms. The largest absolute Gasteiger partial charge is 0.491 e. The second kappa shape index (κ2) is 9.99. The molecule has 0 radical (unpaired) electrons. The quantitative estimate of drug-likeness (QED) is 0.316. The van der Waals surface area contributed by atoms with Gasteiger partial charge in [-0.3, -0.25) is 10.0 Å². The van der Waals surface area contributed by atoms with Gasteiger partial charge in [0.1, 0.15) is 12.4 Å². The molecule has 23 heavy (non-hydrogen) atoms. The number of carbonyl (C=O) groups excluding carboxylic acids is 1. The molecule has 0 heterocycles. The van der Waals surface area contributed by atoms with Crippen molar-refractivity contribution in [2.75, 3.05) is 13.2 Å². The fourth-order valence-corrected chi connectivity index (χ4v) is 2.15. The van der Waals surface area contributed by atoms with Gasteiger partial charge in [-0.15, -0.1) is 0 Å². The van der Waals surface area contributed by atoms with Crippen LogP contribution < -0.4 is 10.2 Å². The summed E-state index contributed by atoms with van der Waals surface area (Å²) >= 11 is 0. The number of ether oxygens (including phenoxy) is 1. The van der Waals surface area contributed by atoms with Crippen LogP contribution in [0.15, 0.2) is 35.9 Å². The first-order chi connectivity index (χ1) is 11.0. The number of hydrogen-bond donors (Lipinski definition) is 4. The molecular formula is C17H25NO5. The summed E-state index contributed by atoms with van der Waals surface area (Å²) in [5.74, 6) is 0.147. The highest BCUT2D eigenvalue weighted by Crippen LogP contribution is 2.27. The van der Waals surface area contributed by atoms with E-state index in [4.69, 9.17) is 15.1 Å². The topological polar surface area (TPSA) is 99.0 Å². The average Bonchev–Trinajstić information content (AvgIpc) is 2.58. The minimum absolute atomic E-state index is 0.0143. The number of hydrogen-bond acceptors (Lipinski definition) is 5. The van der Waals surface area contributed by atoms with Crippen molar-refractivity contribution >= 4 is 5.91 Å². The summed E-state index contributed by atoms with van der Waals surface area (Å²) in [6, 6.07) is 7.12. The van der Waals surface area contributed by atoms with E-state index >= 15 is 0 Å². The van der Waals surface area contributed by atoms with E-state index in [0.717, 1.165) is 5.56 Å². The molecule has 1 aromatic rings. The number of allylic oxidation sites excluding steroid dienone is 1. The van der Waals surface area contributed by atoms with Gasteiger partial charge in [-0.25, -0.2) is 5.48 Å². The van der Waals surface area contributed by atoms with Crippen LogP contribution in [-0.2, 0) is 4.79 Å². The zero-order valence-corrected chi connectivity index (χ0v) is 13.5. The minimum Gasteiger partial charge on any atom is -0.491 e. The zero-order valence-electron chi connectivity index (χ0n) is 13.5. The van der Waals surface area contributed by atoms with Crippen molar-refractivity contribution in [3.63, 3.8) is 0 Å². The summed E-state index contributed by atoms with van der Waals surface area (Å²) in [5.41, 5.74) is 2.83. The van der Waals surface area contributed by atoms with Gasteiger partial charge in [-0.1, -0.05) is 25.1 Å². The Hall–Kier alpha value is -1.89. The maximum Gasteiger partial charge on any atom is 0.269 e. The van der Waals surface area contributed by atoms with Gasteiger partial charge >= 0.3 is 0 Å². The Morgan fingerprint density at radius 1 is 1.35 bits per heavy atom. The predicted molar refractivity (Wildman–Crippen MR) is 86.1 cm³/mol. The highest BCUT2D eigenvalue weighted by molar-refractivity contribution is 5.91. The van der Waals surface area contributed by atoms with Gasteiger partial charge in [0.2, 0.25) is 0 Å². The monoisotopic (exact) mass is 323 g/mol. The summed E-state index contributed by atoms with van der Waals surface area (Å²) in [4.78, 5) is 11.1. The van der Waals surface area contributed by atoms with E-state index in [-0.39, 0.29) is 19.1 Å². The van der Waals surface area contributed by atoms with Crippen LogP contribution in [0.1, 0.15) is 38.4 Å². The number of aliphatic hydroxyl groups is 2. The Morgan fingerprint density at radius 2 is 2.00 bits per heavy atom. The molecule has 0 aromatic heterocycles. The summed E-state index contributed by atoms with van der Waals surface area (Å²) in [7, 11) is 0. The SMILES string of the molecule is C/C(=C\CC[C@H](C)[C@@H](O)c1ccc(OCCO)cc1)C(=O)NO. The maximum absolute atomic E-state index is 11.1. The summed E-state index contributed by atoms with van der Waals surface area (Å²) < 4.78 is 5.28. The molecule has 2 atom stereocenters. The lowest BCUT2D eigenvalue weighted by Gasteiger charge is -2.19. The standard InChI is InChI=1S/C17H25NO5/c1-12(4-3-5-13(2)17(21)18-22)16(20)14-6-8-15(9-7-14)23-11-10-19/h5-9,12,16,19-20,22H,3-4,10-11H2,1-2H3,(H,18,21)/b13-5+/t12-,16+/m0/s1. The molecule has 1 amide bonds. The molecule has 0 aliphatic heterocycles. The molecule has 0 bridgehead atoms. The molecule has 0 saturated carbocycles. The van der Waals surface area contributed by atoms with Gasteiger partial charge in [0.05, 0.1) is 12.7 Å². The van der Waals surface area contributed by atoms with Crippen molar-refractivity contribution < 1.29 is 25.0 Å². The second-order valence-corrected chi connectivity index (χ2v) is 5.47. The van der Waals surface area contributed by atoms with E-state index in [0.29, 0.717) is 24.2 Å². The van der Waals surface area contributed by atoms with Crippen LogP contribution >= 0.6 is 0 Å². The van der Waals surface area contributed by atoms with Gasteiger partial charge in [-0.2, -0.15) is 0 Å². The Labute approximate surface area is 136 Å². The summed E-state index contributed by atoms with van der Waals surface area (Å²) in [6.07, 6.45) is 2.47. The molecular weight excluding hydrogens is 298 g/mol. The highest BCUT2D eigenvalue weighted by atomic mass is 16.5. The van der Waals surface area contributed by atoms with Gasteiger partial charge in [0.15, 0.2) is 0 Å². The van der Waals surface area contributed by atoms with Crippen LogP contribution in [0.4, 0.5) is 0 Å². The molecule has 6 nitrogen and oxygen atoms in total. The second-order valence-electron chi connectivity index (χ2n) is 5.47. The van der Waals surface area contributed by atoms with E-state index in [2.05, 4.69) is 0 Å². The van der Waals surface area contributed by atoms with Crippen molar-refractivity contribution in [2.45, 2.75) is 32.8 Å². The van der Waals surface area contributed by atoms with Gasteiger partial charge in [0, 0.05) is 5.57 Å². The lowest BCUT2D eigenvalue weighted by atomic mass is 9.93. The normalized spacial score (nSPS) is 14.2. The smallest absolute Gasteiger partial charge is 0.269 e. The number of nitrogens with one attached hydrogen (secondary N) is 1. The molecule has 1 aromatic carbocycles. The third-order valence-corrected chi connectivity index (χ3v) is 3.65. The number of benzene rings is 1. The molecule has 1 rings (SSSR count). The van der Waals surface area contributed by atoms with Crippen LogP contribution in [0.5, 0.6) is 5.75 Å². The molecule has 0 aliphatic carbocycles. The number of aliphatic hydroxyl groups excluding tert-OH is 2. The first-order valence-electron chi connectivity index (χ1n) is 7.62. The number of rotatable bonds is 9. The molecule has 0 saturated heterocycles. The average molecular weight is 323 g/mol. The van der Waals surface area contributed by atoms with E-state index in [1.165, 1.54) is 0 Å². The Balaban J connectivity index is 2.52. The first kappa shape index (κ1) is 19.2. The van der Waals surface area contributed by atoms with E-state index in [9.17, 15) is 9.90 Å². The van der Waals surface area contributed by atoms with Crippen LogP contribution in [0.25, 0.3) is 0 Å². The third kappa shape index (κ3) is 6.40. The summed E-state index contributed by atoms with van der Waals surface area (Å²) in [5, 5.41) is 27.6. The number of carbonyl (C=O) groups is 1.